The second kappa shape index (κ2) is 11.1. The van der Waals surface area contributed by atoms with Crippen molar-refractivity contribution >= 4 is 52.2 Å². The van der Waals surface area contributed by atoms with E-state index in [0.717, 1.165) is 16.3 Å². The molecule has 4 rings (SSSR count). The van der Waals surface area contributed by atoms with Crippen molar-refractivity contribution in [1.29, 1.82) is 0 Å². The Kier molecular flexibility index (Phi) is 8.00. The fraction of sp³-hybridized carbons (Fsp3) is 0.182. The SMILES string of the molecule is COCCNC(=O)c1csc(CSc2nnc(-c3ccccc3Cl)n2-c2cccc(Cl)c2)n1. The first-order chi connectivity index (χ1) is 16.1. The van der Waals surface area contributed by atoms with E-state index in [0.29, 0.717) is 45.6 Å². The highest BCUT2D eigenvalue weighted by molar-refractivity contribution is 7.98. The molecule has 7 nitrogen and oxygen atoms in total. The molecule has 0 aliphatic rings. The fourth-order valence-electron chi connectivity index (χ4n) is 2.99. The van der Waals surface area contributed by atoms with E-state index < -0.39 is 0 Å². The van der Waals surface area contributed by atoms with Gasteiger partial charge in [0.25, 0.3) is 5.91 Å². The molecule has 170 valence electrons. The maximum atomic E-state index is 12.2. The van der Waals surface area contributed by atoms with Crippen molar-refractivity contribution in [3.63, 3.8) is 0 Å². The molecule has 0 radical (unpaired) electrons. The number of nitrogens with one attached hydrogen (secondary N) is 1. The summed E-state index contributed by atoms with van der Waals surface area (Å²) in [4.78, 5) is 16.6. The number of amides is 1. The Hall–Kier alpha value is -2.43. The standard InChI is InChI=1S/C22H19Cl2N5O2S2/c1-31-10-9-25-21(30)18-12-32-19(26-18)13-33-22-28-27-20(16-7-2-3-8-17(16)24)29(22)15-6-4-5-14(23)11-15/h2-8,11-12H,9-10,13H2,1H3,(H,25,30). The van der Waals surface area contributed by atoms with Gasteiger partial charge in [-0.05, 0) is 30.3 Å². The number of ether oxygens (including phenoxy) is 1. The highest BCUT2D eigenvalue weighted by Gasteiger charge is 2.19. The molecule has 2 aromatic carbocycles. The summed E-state index contributed by atoms with van der Waals surface area (Å²) in [6.07, 6.45) is 0. The fourth-order valence-corrected chi connectivity index (χ4v) is 5.14. The first kappa shape index (κ1) is 23.7. The van der Waals surface area contributed by atoms with Crippen LogP contribution >= 0.6 is 46.3 Å². The van der Waals surface area contributed by atoms with E-state index in [2.05, 4.69) is 20.5 Å². The molecule has 0 bridgehead atoms. The molecule has 1 amide bonds. The minimum Gasteiger partial charge on any atom is -0.383 e. The smallest absolute Gasteiger partial charge is 0.270 e. The molecule has 4 aromatic rings. The zero-order chi connectivity index (χ0) is 23.2. The third-order valence-corrected chi connectivity index (χ3v) is 7.05. The Balaban J connectivity index is 1.59. The van der Waals surface area contributed by atoms with Gasteiger partial charge in [-0.15, -0.1) is 21.5 Å². The number of nitrogens with zero attached hydrogens (tertiary/aromatic N) is 4. The molecule has 0 spiro atoms. The number of halogens is 2. The van der Waals surface area contributed by atoms with Crippen LogP contribution in [0.3, 0.4) is 0 Å². The normalized spacial score (nSPS) is 11.0. The lowest BCUT2D eigenvalue weighted by molar-refractivity contribution is 0.0932. The molecule has 0 unspecified atom stereocenters. The molecule has 0 fully saturated rings. The van der Waals surface area contributed by atoms with Crippen molar-refractivity contribution in [1.82, 2.24) is 25.1 Å². The molecule has 33 heavy (non-hydrogen) atoms. The average Bonchev–Trinajstić information content (AvgIpc) is 3.45. The highest BCUT2D eigenvalue weighted by Crippen LogP contribution is 2.33. The number of hydrogen-bond acceptors (Lipinski definition) is 7. The van der Waals surface area contributed by atoms with Crippen molar-refractivity contribution in [2.24, 2.45) is 0 Å². The number of rotatable bonds is 9. The van der Waals surface area contributed by atoms with Crippen LogP contribution in [0, 0.1) is 0 Å². The van der Waals surface area contributed by atoms with Crippen molar-refractivity contribution in [3.8, 4) is 17.1 Å². The van der Waals surface area contributed by atoms with Gasteiger partial charge in [0.2, 0.25) is 0 Å². The van der Waals surface area contributed by atoms with Crippen LogP contribution in [-0.4, -0.2) is 45.9 Å². The van der Waals surface area contributed by atoms with E-state index in [1.165, 1.54) is 23.1 Å². The number of benzene rings is 2. The van der Waals surface area contributed by atoms with Gasteiger partial charge in [-0.25, -0.2) is 4.98 Å². The zero-order valence-electron chi connectivity index (χ0n) is 17.5. The Morgan fingerprint density at radius 1 is 1.18 bits per heavy atom. The van der Waals surface area contributed by atoms with Crippen LogP contribution in [-0.2, 0) is 10.5 Å². The minimum atomic E-state index is -0.220. The number of hydrogen-bond donors (Lipinski definition) is 1. The summed E-state index contributed by atoms with van der Waals surface area (Å²) in [6.45, 7) is 0.885. The minimum absolute atomic E-state index is 0.220. The maximum absolute atomic E-state index is 12.2. The Morgan fingerprint density at radius 2 is 2.03 bits per heavy atom. The molecular formula is C22H19Cl2N5O2S2. The molecule has 0 aliphatic carbocycles. The number of carbonyl (C=O) groups is 1. The Morgan fingerprint density at radius 3 is 2.82 bits per heavy atom. The van der Waals surface area contributed by atoms with E-state index in [9.17, 15) is 4.79 Å². The zero-order valence-corrected chi connectivity index (χ0v) is 20.6. The molecule has 11 heteroatoms. The molecule has 0 aliphatic heterocycles. The van der Waals surface area contributed by atoms with E-state index in [1.807, 2.05) is 53.1 Å². The van der Waals surface area contributed by atoms with Gasteiger partial charge < -0.3 is 10.1 Å². The summed E-state index contributed by atoms with van der Waals surface area (Å²) in [6, 6.07) is 15.0. The topological polar surface area (TPSA) is 81.9 Å². The number of aromatic nitrogens is 4. The number of thioether (sulfide) groups is 1. The van der Waals surface area contributed by atoms with Crippen LogP contribution in [0.15, 0.2) is 59.1 Å². The van der Waals surface area contributed by atoms with Gasteiger partial charge in [0, 0.05) is 29.6 Å². The van der Waals surface area contributed by atoms with Crippen LogP contribution in [0.2, 0.25) is 10.0 Å². The molecule has 0 saturated carbocycles. The van der Waals surface area contributed by atoms with Crippen molar-refractivity contribution < 1.29 is 9.53 Å². The molecule has 0 atom stereocenters. The monoisotopic (exact) mass is 519 g/mol. The summed E-state index contributed by atoms with van der Waals surface area (Å²) < 4.78 is 6.87. The van der Waals surface area contributed by atoms with Crippen molar-refractivity contribution in [2.75, 3.05) is 20.3 Å². The molecule has 0 saturated heterocycles. The van der Waals surface area contributed by atoms with Crippen molar-refractivity contribution in [2.45, 2.75) is 10.9 Å². The molecular weight excluding hydrogens is 501 g/mol. The summed E-state index contributed by atoms with van der Waals surface area (Å²) in [5, 5.41) is 16.0. The second-order valence-corrected chi connectivity index (χ2v) is 9.49. The van der Waals surface area contributed by atoms with Gasteiger partial charge in [-0.3, -0.25) is 9.36 Å². The van der Waals surface area contributed by atoms with Crippen LogP contribution in [0.25, 0.3) is 17.1 Å². The predicted octanol–water partition coefficient (Wildman–Crippen LogP) is 5.37. The van der Waals surface area contributed by atoms with Gasteiger partial charge in [0.1, 0.15) is 10.7 Å². The van der Waals surface area contributed by atoms with Gasteiger partial charge in [0.05, 0.1) is 23.1 Å². The quantitative estimate of drug-likeness (QED) is 0.236. The van der Waals surface area contributed by atoms with E-state index in [-0.39, 0.29) is 5.91 Å². The molecule has 2 heterocycles. The van der Waals surface area contributed by atoms with E-state index in [1.54, 1.807) is 12.5 Å². The summed E-state index contributed by atoms with van der Waals surface area (Å²) in [5.74, 6) is 0.919. The number of methoxy groups -OCH3 is 1. The van der Waals surface area contributed by atoms with E-state index in [4.69, 9.17) is 27.9 Å². The third-order valence-electron chi connectivity index (χ3n) is 4.52. The van der Waals surface area contributed by atoms with Gasteiger partial charge in [-0.1, -0.05) is 53.2 Å². The van der Waals surface area contributed by atoms with Crippen LogP contribution in [0.5, 0.6) is 0 Å². The summed E-state index contributed by atoms with van der Waals surface area (Å²) >= 11 is 15.6. The average molecular weight is 520 g/mol. The number of thiazole rings is 1. The van der Waals surface area contributed by atoms with Crippen LogP contribution in [0.1, 0.15) is 15.5 Å². The van der Waals surface area contributed by atoms with E-state index >= 15 is 0 Å². The summed E-state index contributed by atoms with van der Waals surface area (Å²) in [5.41, 5.74) is 1.98. The Bertz CT molecular complexity index is 1260. The maximum Gasteiger partial charge on any atom is 0.270 e. The first-order valence-electron chi connectivity index (χ1n) is 9.87. The van der Waals surface area contributed by atoms with Gasteiger partial charge in [-0.2, -0.15) is 0 Å². The largest absolute Gasteiger partial charge is 0.383 e. The first-order valence-corrected chi connectivity index (χ1v) is 12.5. The lowest BCUT2D eigenvalue weighted by Crippen LogP contribution is -2.27. The molecule has 2 aromatic heterocycles. The predicted molar refractivity (Wildman–Crippen MR) is 133 cm³/mol. The lowest BCUT2D eigenvalue weighted by atomic mass is 10.2. The van der Waals surface area contributed by atoms with Crippen LogP contribution in [0.4, 0.5) is 0 Å². The van der Waals surface area contributed by atoms with Gasteiger partial charge in [0.15, 0.2) is 11.0 Å². The van der Waals surface area contributed by atoms with Crippen molar-refractivity contribution in [3.05, 3.63) is 74.7 Å². The van der Waals surface area contributed by atoms with Crippen LogP contribution < -0.4 is 5.32 Å². The third kappa shape index (κ3) is 5.74. The molecule has 1 N–H and O–H groups in total. The second-order valence-electron chi connectivity index (χ2n) is 6.77. The van der Waals surface area contributed by atoms with Gasteiger partial charge >= 0.3 is 0 Å². The Labute approximate surface area is 209 Å². The number of carbonyl (C=O) groups excluding carboxylic acids is 1. The highest BCUT2D eigenvalue weighted by atomic mass is 35.5. The summed E-state index contributed by atoms with van der Waals surface area (Å²) in [7, 11) is 1.59. The lowest BCUT2D eigenvalue weighted by Gasteiger charge is -2.11.